The maximum Gasteiger partial charge on any atom is 0.237 e. The lowest BCUT2D eigenvalue weighted by Gasteiger charge is -2.24. The standard InChI is InChI=1S/C14H21N3O2/c1-9-7-15-13(19-9)8-16-14(18)12-6-10-4-2-3-5-11(10)17-12/h7,10-12,17H,2-6,8H2,1H3,(H,16,18). The first kappa shape index (κ1) is 12.7. The van der Waals surface area contributed by atoms with Gasteiger partial charge in [0.1, 0.15) is 5.76 Å². The molecule has 0 bridgehead atoms. The van der Waals surface area contributed by atoms with Crippen LogP contribution in [0.2, 0.25) is 0 Å². The lowest BCUT2D eigenvalue weighted by molar-refractivity contribution is -0.123. The number of oxazole rings is 1. The van der Waals surface area contributed by atoms with Crippen molar-refractivity contribution in [1.29, 1.82) is 0 Å². The first-order valence-electron chi connectivity index (χ1n) is 7.17. The molecule has 2 N–H and O–H groups in total. The van der Waals surface area contributed by atoms with Crippen molar-refractivity contribution in [2.45, 2.75) is 57.7 Å². The zero-order valence-corrected chi connectivity index (χ0v) is 11.3. The summed E-state index contributed by atoms with van der Waals surface area (Å²) in [5.74, 6) is 2.11. The number of hydrogen-bond acceptors (Lipinski definition) is 4. The minimum atomic E-state index is -0.0378. The van der Waals surface area contributed by atoms with Gasteiger partial charge in [-0.15, -0.1) is 0 Å². The highest BCUT2D eigenvalue weighted by Crippen LogP contribution is 2.33. The van der Waals surface area contributed by atoms with Crippen molar-refractivity contribution in [2.24, 2.45) is 5.92 Å². The zero-order chi connectivity index (χ0) is 13.2. The molecule has 2 fully saturated rings. The van der Waals surface area contributed by atoms with Crippen LogP contribution in [0.4, 0.5) is 0 Å². The molecule has 0 radical (unpaired) electrons. The molecule has 1 aromatic heterocycles. The minimum absolute atomic E-state index is 0.0378. The fourth-order valence-electron chi connectivity index (χ4n) is 3.29. The fraction of sp³-hybridized carbons (Fsp3) is 0.714. The summed E-state index contributed by atoms with van der Waals surface area (Å²) in [4.78, 5) is 16.2. The van der Waals surface area contributed by atoms with Gasteiger partial charge in [0.25, 0.3) is 0 Å². The number of hydrogen-bond donors (Lipinski definition) is 2. The fourth-order valence-corrected chi connectivity index (χ4v) is 3.29. The van der Waals surface area contributed by atoms with E-state index in [0.29, 0.717) is 24.4 Å². The minimum Gasteiger partial charge on any atom is -0.444 e. The third-order valence-electron chi connectivity index (χ3n) is 4.26. The summed E-state index contributed by atoms with van der Waals surface area (Å²) in [7, 11) is 0. The molecule has 1 saturated carbocycles. The topological polar surface area (TPSA) is 67.2 Å². The first-order valence-corrected chi connectivity index (χ1v) is 7.17. The molecule has 5 nitrogen and oxygen atoms in total. The number of amides is 1. The number of carbonyl (C=O) groups is 1. The van der Waals surface area contributed by atoms with E-state index in [1.165, 1.54) is 25.7 Å². The Morgan fingerprint density at radius 1 is 1.53 bits per heavy atom. The van der Waals surface area contributed by atoms with E-state index in [-0.39, 0.29) is 11.9 Å². The Balaban J connectivity index is 1.51. The van der Waals surface area contributed by atoms with Crippen LogP contribution < -0.4 is 10.6 Å². The number of fused-ring (bicyclic) bond motifs is 1. The summed E-state index contributed by atoms with van der Waals surface area (Å²) >= 11 is 0. The third kappa shape index (κ3) is 2.81. The van der Waals surface area contributed by atoms with Crippen molar-refractivity contribution in [3.63, 3.8) is 0 Å². The monoisotopic (exact) mass is 263 g/mol. The molecule has 1 aromatic rings. The molecule has 3 atom stereocenters. The molecule has 104 valence electrons. The summed E-state index contributed by atoms with van der Waals surface area (Å²) in [6.07, 6.45) is 7.73. The Hall–Kier alpha value is -1.36. The van der Waals surface area contributed by atoms with Crippen molar-refractivity contribution in [3.8, 4) is 0 Å². The van der Waals surface area contributed by atoms with E-state index in [1.54, 1.807) is 6.20 Å². The van der Waals surface area contributed by atoms with Crippen LogP contribution >= 0.6 is 0 Å². The summed E-state index contributed by atoms with van der Waals surface area (Å²) in [6.45, 7) is 2.22. The predicted octanol–water partition coefficient (Wildman–Crippen LogP) is 1.52. The van der Waals surface area contributed by atoms with Gasteiger partial charge in [-0.1, -0.05) is 12.8 Å². The quantitative estimate of drug-likeness (QED) is 0.867. The second-order valence-corrected chi connectivity index (χ2v) is 5.69. The molecule has 3 rings (SSSR count). The molecule has 2 heterocycles. The Bertz CT molecular complexity index is 443. The first-order chi connectivity index (χ1) is 9.22. The summed E-state index contributed by atoms with van der Waals surface area (Å²) < 4.78 is 5.34. The highest BCUT2D eigenvalue weighted by Gasteiger charge is 2.38. The Morgan fingerprint density at radius 3 is 3.11 bits per heavy atom. The van der Waals surface area contributed by atoms with Crippen LogP contribution in [0.5, 0.6) is 0 Å². The number of aryl methyl sites for hydroxylation is 1. The van der Waals surface area contributed by atoms with E-state index in [1.807, 2.05) is 6.92 Å². The molecule has 19 heavy (non-hydrogen) atoms. The van der Waals surface area contributed by atoms with Gasteiger partial charge >= 0.3 is 0 Å². The predicted molar refractivity (Wildman–Crippen MR) is 70.4 cm³/mol. The Morgan fingerprint density at radius 2 is 2.37 bits per heavy atom. The molecule has 0 spiro atoms. The van der Waals surface area contributed by atoms with Crippen molar-refractivity contribution in [1.82, 2.24) is 15.6 Å². The molecule has 5 heteroatoms. The van der Waals surface area contributed by atoms with Gasteiger partial charge in [0.2, 0.25) is 11.8 Å². The molecular weight excluding hydrogens is 242 g/mol. The lowest BCUT2D eigenvalue weighted by atomic mass is 9.85. The number of aromatic nitrogens is 1. The second-order valence-electron chi connectivity index (χ2n) is 5.69. The van der Waals surface area contributed by atoms with Gasteiger partial charge in [-0.3, -0.25) is 4.79 Å². The molecule has 1 aliphatic heterocycles. The van der Waals surface area contributed by atoms with Crippen LogP contribution in [0.25, 0.3) is 0 Å². The average molecular weight is 263 g/mol. The molecule has 1 aliphatic carbocycles. The highest BCUT2D eigenvalue weighted by atomic mass is 16.4. The van der Waals surface area contributed by atoms with Gasteiger partial charge in [0, 0.05) is 6.04 Å². The van der Waals surface area contributed by atoms with Crippen molar-refractivity contribution >= 4 is 5.91 Å². The lowest BCUT2D eigenvalue weighted by Crippen LogP contribution is -2.42. The van der Waals surface area contributed by atoms with E-state index in [0.717, 1.165) is 12.2 Å². The van der Waals surface area contributed by atoms with Gasteiger partial charge in [-0.25, -0.2) is 4.98 Å². The van der Waals surface area contributed by atoms with E-state index in [4.69, 9.17) is 4.42 Å². The van der Waals surface area contributed by atoms with Gasteiger partial charge in [-0.05, 0) is 32.1 Å². The Kier molecular flexibility index (Phi) is 3.55. The van der Waals surface area contributed by atoms with Crippen LogP contribution in [0, 0.1) is 12.8 Å². The molecule has 0 aromatic carbocycles. The van der Waals surface area contributed by atoms with Crippen molar-refractivity contribution in [2.75, 3.05) is 0 Å². The molecule has 1 amide bonds. The molecule has 2 aliphatic rings. The SMILES string of the molecule is Cc1cnc(CNC(=O)C2CC3CCCCC3N2)o1. The van der Waals surface area contributed by atoms with Gasteiger partial charge in [0.15, 0.2) is 0 Å². The molecular formula is C14H21N3O2. The van der Waals surface area contributed by atoms with Crippen LogP contribution in [0.1, 0.15) is 43.8 Å². The maximum atomic E-state index is 12.1. The zero-order valence-electron chi connectivity index (χ0n) is 11.3. The van der Waals surface area contributed by atoms with Crippen molar-refractivity contribution in [3.05, 3.63) is 17.8 Å². The number of nitrogens with one attached hydrogen (secondary N) is 2. The van der Waals surface area contributed by atoms with E-state index in [2.05, 4.69) is 15.6 Å². The summed E-state index contributed by atoms with van der Waals surface area (Å²) in [5.41, 5.74) is 0. The second kappa shape index (κ2) is 5.33. The van der Waals surface area contributed by atoms with E-state index >= 15 is 0 Å². The maximum absolute atomic E-state index is 12.1. The van der Waals surface area contributed by atoms with Crippen LogP contribution in [-0.4, -0.2) is 23.0 Å². The normalized spacial score (nSPS) is 30.1. The highest BCUT2D eigenvalue weighted by molar-refractivity contribution is 5.82. The van der Waals surface area contributed by atoms with Crippen molar-refractivity contribution < 1.29 is 9.21 Å². The number of rotatable bonds is 3. The van der Waals surface area contributed by atoms with Crippen LogP contribution in [-0.2, 0) is 11.3 Å². The van der Waals surface area contributed by atoms with Gasteiger partial charge in [-0.2, -0.15) is 0 Å². The third-order valence-corrected chi connectivity index (χ3v) is 4.26. The molecule has 3 unspecified atom stereocenters. The Labute approximate surface area is 113 Å². The van der Waals surface area contributed by atoms with E-state index in [9.17, 15) is 4.79 Å². The van der Waals surface area contributed by atoms with E-state index < -0.39 is 0 Å². The van der Waals surface area contributed by atoms with Gasteiger partial charge < -0.3 is 15.1 Å². The summed E-state index contributed by atoms with van der Waals surface area (Å²) in [6, 6.07) is 0.512. The molecule has 1 saturated heterocycles. The summed E-state index contributed by atoms with van der Waals surface area (Å²) in [5, 5.41) is 6.38. The average Bonchev–Trinajstić information content (AvgIpc) is 3.01. The number of carbonyl (C=O) groups excluding carboxylic acids is 1. The number of nitrogens with zero attached hydrogens (tertiary/aromatic N) is 1. The van der Waals surface area contributed by atoms with Crippen LogP contribution in [0.15, 0.2) is 10.6 Å². The largest absolute Gasteiger partial charge is 0.444 e. The van der Waals surface area contributed by atoms with Gasteiger partial charge in [0.05, 0.1) is 18.8 Å². The smallest absolute Gasteiger partial charge is 0.237 e. The van der Waals surface area contributed by atoms with Crippen LogP contribution in [0.3, 0.4) is 0 Å².